The molecule has 0 aromatic carbocycles. The molecule has 0 unspecified atom stereocenters. The lowest BCUT2D eigenvalue weighted by Gasteiger charge is -1.82. The van der Waals surface area contributed by atoms with E-state index in [0.717, 1.165) is 6.08 Å². The summed E-state index contributed by atoms with van der Waals surface area (Å²) >= 11 is 0. The number of hydrogen-bond donors (Lipinski definition) is 2. The maximum atomic E-state index is 10.0. The van der Waals surface area contributed by atoms with Gasteiger partial charge >= 0.3 is 0 Å². The molecular formula is C4H6N2O. The summed E-state index contributed by atoms with van der Waals surface area (Å²) in [6.07, 6.45) is 1.00. The number of ketones is 1. The second kappa shape index (κ2) is 2.12. The van der Waals surface area contributed by atoms with Crippen molar-refractivity contribution in [2.75, 3.05) is 0 Å². The van der Waals surface area contributed by atoms with Crippen LogP contribution in [0.5, 0.6) is 0 Å². The van der Waals surface area contributed by atoms with Crippen LogP contribution in [-0.2, 0) is 4.79 Å². The first kappa shape index (κ1) is 5.88. The van der Waals surface area contributed by atoms with Crippen molar-refractivity contribution in [1.82, 2.24) is 0 Å². The highest BCUT2D eigenvalue weighted by Gasteiger charge is 1.93. The van der Waals surface area contributed by atoms with Gasteiger partial charge in [-0.05, 0) is 6.08 Å². The average molecular weight is 98.1 g/mol. The van der Waals surface area contributed by atoms with Gasteiger partial charge in [0.2, 0.25) is 5.78 Å². The molecule has 0 radical (unpaired) electrons. The van der Waals surface area contributed by atoms with Gasteiger partial charge in [0.25, 0.3) is 0 Å². The monoisotopic (exact) mass is 98.0 g/mol. The first-order valence-corrected chi connectivity index (χ1v) is 1.69. The average Bonchev–Trinajstić information content (AvgIpc) is 1.65. The molecule has 0 saturated carbocycles. The Kier molecular flexibility index (Phi) is 1.78. The zero-order valence-electron chi connectivity index (χ0n) is 3.77. The number of carbonyl (C=O) groups is 1. The summed E-state index contributed by atoms with van der Waals surface area (Å²) in [6, 6.07) is 0. The van der Waals surface area contributed by atoms with Crippen LogP contribution in [0.15, 0.2) is 12.7 Å². The molecule has 0 aromatic heterocycles. The third-order valence-corrected chi connectivity index (χ3v) is 0.451. The Hall–Kier alpha value is -1.12. The third-order valence-electron chi connectivity index (χ3n) is 0.451. The van der Waals surface area contributed by atoms with E-state index < -0.39 is 11.6 Å². The van der Waals surface area contributed by atoms with Crippen molar-refractivity contribution < 1.29 is 4.79 Å². The lowest BCUT2D eigenvalue weighted by Crippen LogP contribution is -2.19. The lowest BCUT2D eigenvalue weighted by molar-refractivity contribution is -0.109. The molecule has 3 heteroatoms. The minimum atomic E-state index is -0.528. The Balaban J connectivity index is 3.81. The van der Waals surface area contributed by atoms with Crippen molar-refractivity contribution in [3.05, 3.63) is 12.7 Å². The van der Waals surface area contributed by atoms with Crippen LogP contribution >= 0.6 is 0 Å². The van der Waals surface area contributed by atoms with Gasteiger partial charge in [0.15, 0.2) is 5.84 Å². The second-order valence-electron chi connectivity index (χ2n) is 0.982. The Bertz CT molecular complexity index is 117. The fourth-order valence-electron chi connectivity index (χ4n) is 0.110. The van der Waals surface area contributed by atoms with Gasteiger partial charge in [-0.1, -0.05) is 6.58 Å². The van der Waals surface area contributed by atoms with E-state index in [1.54, 1.807) is 0 Å². The minimum Gasteiger partial charge on any atom is -0.381 e. The molecule has 0 aliphatic carbocycles. The molecule has 0 aliphatic heterocycles. The normalized spacial score (nSPS) is 7.43. The van der Waals surface area contributed by atoms with E-state index in [9.17, 15) is 4.79 Å². The topological polar surface area (TPSA) is 66.9 Å². The SMILES string of the molecule is C=CC(=O)C(=N)N. The Labute approximate surface area is 41.3 Å². The summed E-state index contributed by atoms with van der Waals surface area (Å²) in [5, 5.41) is 6.46. The van der Waals surface area contributed by atoms with Crippen LogP contribution in [0.4, 0.5) is 0 Å². The quantitative estimate of drug-likeness (QED) is 0.282. The fraction of sp³-hybridized carbons (Fsp3) is 0. The second-order valence-corrected chi connectivity index (χ2v) is 0.982. The molecule has 3 N–H and O–H groups in total. The molecule has 0 saturated heterocycles. The van der Waals surface area contributed by atoms with Gasteiger partial charge in [-0.25, -0.2) is 0 Å². The number of nitrogens with one attached hydrogen (secondary N) is 1. The number of amidine groups is 1. The number of hydrogen-bond acceptors (Lipinski definition) is 2. The lowest BCUT2D eigenvalue weighted by atomic mass is 10.4. The van der Waals surface area contributed by atoms with Crippen LogP contribution in [0.2, 0.25) is 0 Å². The first-order chi connectivity index (χ1) is 3.18. The molecule has 0 bridgehead atoms. The van der Waals surface area contributed by atoms with Crippen molar-refractivity contribution in [3.63, 3.8) is 0 Å². The van der Waals surface area contributed by atoms with Crippen LogP contribution < -0.4 is 5.73 Å². The predicted octanol–water partition coefficient (Wildman–Crippen LogP) is -0.323. The number of rotatable bonds is 2. The summed E-state index contributed by atoms with van der Waals surface area (Å²) in [7, 11) is 0. The van der Waals surface area contributed by atoms with Crippen molar-refractivity contribution in [2.45, 2.75) is 0 Å². The van der Waals surface area contributed by atoms with Gasteiger partial charge in [-0.15, -0.1) is 0 Å². The molecule has 0 rings (SSSR count). The van der Waals surface area contributed by atoms with E-state index in [-0.39, 0.29) is 0 Å². The summed E-state index contributed by atoms with van der Waals surface area (Å²) in [5.41, 5.74) is 4.71. The Morgan fingerprint density at radius 2 is 2.29 bits per heavy atom. The zero-order valence-corrected chi connectivity index (χ0v) is 3.77. The molecule has 38 valence electrons. The standard InChI is InChI=1S/C4H6N2O/c1-2-3(7)4(5)6/h2H,1H2,(H3,5,6). The van der Waals surface area contributed by atoms with Crippen molar-refractivity contribution in [1.29, 1.82) is 5.41 Å². The fourth-order valence-corrected chi connectivity index (χ4v) is 0.110. The van der Waals surface area contributed by atoms with Crippen molar-refractivity contribution in [2.24, 2.45) is 5.73 Å². The molecule has 0 atom stereocenters. The summed E-state index contributed by atoms with van der Waals surface area (Å²) in [4.78, 5) is 10.0. The molecule has 3 nitrogen and oxygen atoms in total. The van der Waals surface area contributed by atoms with Crippen LogP contribution in [0, 0.1) is 5.41 Å². The van der Waals surface area contributed by atoms with Gasteiger partial charge in [-0.2, -0.15) is 0 Å². The van der Waals surface area contributed by atoms with E-state index in [4.69, 9.17) is 11.1 Å². The highest BCUT2D eigenvalue weighted by molar-refractivity contribution is 6.41. The molecule has 0 amide bonds. The van der Waals surface area contributed by atoms with Crippen molar-refractivity contribution in [3.8, 4) is 0 Å². The first-order valence-electron chi connectivity index (χ1n) is 1.69. The van der Waals surface area contributed by atoms with E-state index in [2.05, 4.69) is 6.58 Å². The van der Waals surface area contributed by atoms with Gasteiger partial charge < -0.3 is 5.73 Å². The van der Waals surface area contributed by atoms with E-state index in [1.165, 1.54) is 0 Å². The molecular weight excluding hydrogens is 92.1 g/mol. The maximum Gasteiger partial charge on any atom is 0.219 e. The smallest absolute Gasteiger partial charge is 0.219 e. The number of carbonyl (C=O) groups excluding carboxylic acids is 1. The molecule has 0 fully saturated rings. The summed E-state index contributed by atoms with van der Waals surface area (Å²) in [6.45, 7) is 3.11. The Morgan fingerprint density at radius 1 is 1.86 bits per heavy atom. The highest BCUT2D eigenvalue weighted by atomic mass is 16.1. The maximum absolute atomic E-state index is 10.0. The summed E-state index contributed by atoms with van der Waals surface area (Å²) < 4.78 is 0. The highest BCUT2D eigenvalue weighted by Crippen LogP contribution is 1.66. The van der Waals surface area contributed by atoms with Crippen LogP contribution in [0.3, 0.4) is 0 Å². The van der Waals surface area contributed by atoms with Gasteiger partial charge in [0, 0.05) is 0 Å². The predicted molar refractivity (Wildman–Crippen MR) is 27.1 cm³/mol. The van der Waals surface area contributed by atoms with Crippen molar-refractivity contribution >= 4 is 11.6 Å². The van der Waals surface area contributed by atoms with E-state index in [1.807, 2.05) is 0 Å². The van der Waals surface area contributed by atoms with Gasteiger partial charge in [0.05, 0.1) is 0 Å². The largest absolute Gasteiger partial charge is 0.381 e. The van der Waals surface area contributed by atoms with E-state index >= 15 is 0 Å². The van der Waals surface area contributed by atoms with E-state index in [0.29, 0.717) is 0 Å². The van der Waals surface area contributed by atoms with Crippen LogP contribution in [-0.4, -0.2) is 11.6 Å². The molecule has 0 heterocycles. The molecule has 0 aliphatic rings. The molecule has 0 aromatic rings. The van der Waals surface area contributed by atoms with Crippen LogP contribution in [0.1, 0.15) is 0 Å². The number of nitrogens with two attached hydrogens (primary N) is 1. The molecule has 7 heavy (non-hydrogen) atoms. The van der Waals surface area contributed by atoms with Gasteiger partial charge in [0.1, 0.15) is 0 Å². The third kappa shape index (κ3) is 1.70. The molecule has 0 spiro atoms. The zero-order chi connectivity index (χ0) is 5.86. The van der Waals surface area contributed by atoms with Crippen LogP contribution in [0.25, 0.3) is 0 Å². The minimum absolute atomic E-state index is 0.463. The van der Waals surface area contributed by atoms with Gasteiger partial charge in [-0.3, -0.25) is 10.2 Å². The Morgan fingerprint density at radius 3 is 2.29 bits per heavy atom. The summed E-state index contributed by atoms with van der Waals surface area (Å²) in [5.74, 6) is -0.991.